The molecular weight excluding hydrogens is 227 g/mol. The summed E-state index contributed by atoms with van der Waals surface area (Å²) >= 11 is 0. The van der Waals surface area contributed by atoms with Crippen molar-refractivity contribution < 1.29 is 12.8 Å². The molecule has 5 heteroatoms. The molecule has 0 bridgehead atoms. The van der Waals surface area contributed by atoms with Gasteiger partial charge in [-0.3, -0.25) is 0 Å². The van der Waals surface area contributed by atoms with Gasteiger partial charge in [0, 0.05) is 16.2 Å². The van der Waals surface area contributed by atoms with Crippen LogP contribution >= 0.6 is 10.7 Å². The zero-order valence-electron chi connectivity index (χ0n) is 7.79. The van der Waals surface area contributed by atoms with Crippen LogP contribution in [0.15, 0.2) is 24.3 Å². The van der Waals surface area contributed by atoms with Gasteiger partial charge >= 0.3 is 0 Å². The number of hydrogen-bond acceptors (Lipinski definition) is 2. The fourth-order valence-corrected chi connectivity index (χ4v) is 1.76. The van der Waals surface area contributed by atoms with E-state index < -0.39 is 19.6 Å². The van der Waals surface area contributed by atoms with Crippen LogP contribution in [-0.4, -0.2) is 8.42 Å². The van der Waals surface area contributed by atoms with Gasteiger partial charge in [-0.15, -0.1) is 0 Å². The third-order valence-electron chi connectivity index (χ3n) is 2.13. The first kappa shape index (κ1) is 11.5. The molecule has 0 saturated heterocycles. The fraction of sp³-hybridized carbons (Fsp3) is 0.333. The Morgan fingerprint density at radius 2 is 1.79 bits per heavy atom. The lowest BCUT2D eigenvalue weighted by Gasteiger charge is -2.21. The minimum absolute atomic E-state index is 0.0787. The van der Waals surface area contributed by atoms with Gasteiger partial charge in [-0.2, -0.15) is 0 Å². The molecule has 1 aromatic carbocycles. The summed E-state index contributed by atoms with van der Waals surface area (Å²) in [5.41, 5.74) is 0.0787. The van der Waals surface area contributed by atoms with E-state index in [1.54, 1.807) is 6.07 Å². The lowest BCUT2D eigenvalue weighted by Crippen LogP contribution is -2.26. The first-order chi connectivity index (χ1) is 6.27. The van der Waals surface area contributed by atoms with Gasteiger partial charge in [0.1, 0.15) is 10.6 Å². The minimum atomic E-state index is -3.85. The van der Waals surface area contributed by atoms with E-state index in [4.69, 9.17) is 10.7 Å². The smallest absolute Gasteiger partial charge is 0.211 e. The highest BCUT2D eigenvalue weighted by atomic mass is 35.7. The lowest BCUT2D eigenvalue weighted by molar-refractivity contribution is 0.544. The number of hydrogen-bond donors (Lipinski definition) is 0. The van der Waals surface area contributed by atoms with Gasteiger partial charge in [-0.1, -0.05) is 18.2 Å². The Balaban J connectivity index is 3.38. The van der Waals surface area contributed by atoms with E-state index in [1.165, 1.54) is 32.0 Å². The standard InChI is InChI=1S/C9H10ClFO2S/c1-9(2,14(10,12)13)7-5-3-4-6-8(7)11/h3-6H,1-2H3. The van der Waals surface area contributed by atoms with Gasteiger partial charge in [0.25, 0.3) is 0 Å². The Bertz CT molecular complexity index is 440. The molecule has 0 heterocycles. The van der Waals surface area contributed by atoms with Crippen molar-refractivity contribution in [2.75, 3.05) is 0 Å². The maximum atomic E-state index is 13.3. The van der Waals surface area contributed by atoms with Gasteiger partial charge < -0.3 is 0 Å². The molecule has 0 aliphatic heterocycles. The maximum absolute atomic E-state index is 13.3. The van der Waals surface area contributed by atoms with Crippen LogP contribution in [0, 0.1) is 5.82 Å². The third kappa shape index (κ3) is 1.91. The van der Waals surface area contributed by atoms with Gasteiger partial charge in [-0.25, -0.2) is 12.8 Å². The van der Waals surface area contributed by atoms with Gasteiger partial charge in [0.05, 0.1) is 0 Å². The van der Waals surface area contributed by atoms with Crippen molar-refractivity contribution >= 4 is 19.7 Å². The maximum Gasteiger partial charge on any atom is 0.242 e. The first-order valence-electron chi connectivity index (χ1n) is 3.96. The largest absolute Gasteiger partial charge is 0.242 e. The zero-order chi connectivity index (χ0) is 11.0. The summed E-state index contributed by atoms with van der Waals surface area (Å²) in [5, 5.41) is 0. The third-order valence-corrected chi connectivity index (χ3v) is 4.73. The van der Waals surface area contributed by atoms with E-state index in [2.05, 4.69) is 0 Å². The highest BCUT2D eigenvalue weighted by Crippen LogP contribution is 2.33. The Kier molecular flexibility index (Phi) is 2.88. The Morgan fingerprint density at radius 3 is 2.21 bits per heavy atom. The van der Waals surface area contributed by atoms with Crippen molar-refractivity contribution in [1.29, 1.82) is 0 Å². The second kappa shape index (κ2) is 3.51. The second-order valence-electron chi connectivity index (χ2n) is 3.43. The van der Waals surface area contributed by atoms with Gasteiger partial charge in [0.2, 0.25) is 9.05 Å². The number of halogens is 2. The molecule has 0 aromatic heterocycles. The molecule has 0 N–H and O–H groups in total. The van der Waals surface area contributed by atoms with E-state index in [0.29, 0.717) is 0 Å². The molecule has 0 saturated carbocycles. The molecule has 2 nitrogen and oxygen atoms in total. The van der Waals surface area contributed by atoms with Crippen molar-refractivity contribution in [2.24, 2.45) is 0 Å². The molecule has 0 atom stereocenters. The summed E-state index contributed by atoms with van der Waals surface area (Å²) in [6, 6.07) is 5.69. The average Bonchev–Trinajstić information content (AvgIpc) is 2.02. The van der Waals surface area contributed by atoms with Crippen LogP contribution < -0.4 is 0 Å². The topological polar surface area (TPSA) is 34.1 Å². The molecule has 0 radical (unpaired) electrons. The first-order valence-corrected chi connectivity index (χ1v) is 6.27. The summed E-state index contributed by atoms with van der Waals surface area (Å²) in [5.74, 6) is -0.568. The molecule has 1 aromatic rings. The predicted octanol–water partition coefficient (Wildman–Crippen LogP) is 2.63. The Morgan fingerprint density at radius 1 is 1.29 bits per heavy atom. The highest BCUT2D eigenvalue weighted by molar-refractivity contribution is 8.14. The van der Waals surface area contributed by atoms with Crippen LogP contribution in [0.5, 0.6) is 0 Å². The molecule has 14 heavy (non-hydrogen) atoms. The highest BCUT2D eigenvalue weighted by Gasteiger charge is 2.36. The fourth-order valence-electron chi connectivity index (χ4n) is 1.08. The molecule has 0 fully saturated rings. The van der Waals surface area contributed by atoms with E-state index in [9.17, 15) is 12.8 Å². The molecule has 0 aliphatic carbocycles. The van der Waals surface area contributed by atoms with Gasteiger partial charge in [0.15, 0.2) is 0 Å². The summed E-state index contributed by atoms with van der Waals surface area (Å²) in [6.07, 6.45) is 0. The van der Waals surface area contributed by atoms with E-state index in [0.717, 1.165) is 0 Å². The molecule has 0 spiro atoms. The van der Waals surface area contributed by atoms with E-state index >= 15 is 0 Å². The van der Waals surface area contributed by atoms with E-state index in [1.807, 2.05) is 0 Å². The molecular formula is C9H10ClFO2S. The normalized spacial score (nSPS) is 12.9. The number of benzene rings is 1. The van der Waals surface area contributed by atoms with Crippen LogP contribution in [0.2, 0.25) is 0 Å². The van der Waals surface area contributed by atoms with Crippen LogP contribution in [0.1, 0.15) is 19.4 Å². The SMILES string of the molecule is CC(C)(c1ccccc1F)S(=O)(=O)Cl. The quantitative estimate of drug-likeness (QED) is 0.740. The van der Waals surface area contributed by atoms with Gasteiger partial charge in [-0.05, 0) is 19.9 Å². The van der Waals surface area contributed by atoms with Crippen molar-refractivity contribution in [2.45, 2.75) is 18.6 Å². The molecule has 0 amide bonds. The molecule has 0 aliphatic rings. The van der Waals surface area contributed by atoms with Crippen molar-refractivity contribution in [3.63, 3.8) is 0 Å². The van der Waals surface area contributed by atoms with Crippen molar-refractivity contribution in [3.05, 3.63) is 35.6 Å². The Hall–Kier alpha value is -0.610. The minimum Gasteiger partial charge on any atom is -0.211 e. The summed E-state index contributed by atoms with van der Waals surface area (Å²) in [4.78, 5) is 0. The van der Waals surface area contributed by atoms with E-state index in [-0.39, 0.29) is 5.56 Å². The van der Waals surface area contributed by atoms with Crippen molar-refractivity contribution in [3.8, 4) is 0 Å². The second-order valence-corrected chi connectivity index (χ2v) is 6.54. The van der Waals surface area contributed by atoms with Crippen LogP contribution in [-0.2, 0) is 13.8 Å². The average molecular weight is 237 g/mol. The van der Waals surface area contributed by atoms with Crippen LogP contribution in [0.4, 0.5) is 4.39 Å². The molecule has 1 rings (SSSR count). The molecule has 78 valence electrons. The summed E-state index contributed by atoms with van der Waals surface area (Å²) in [6.45, 7) is 2.74. The monoisotopic (exact) mass is 236 g/mol. The summed E-state index contributed by atoms with van der Waals surface area (Å²) < 4.78 is 34.3. The number of rotatable bonds is 2. The predicted molar refractivity (Wildman–Crippen MR) is 54.2 cm³/mol. The van der Waals surface area contributed by atoms with Crippen molar-refractivity contribution in [1.82, 2.24) is 0 Å². The lowest BCUT2D eigenvalue weighted by atomic mass is 10.0. The zero-order valence-corrected chi connectivity index (χ0v) is 9.36. The van der Waals surface area contributed by atoms with Crippen LogP contribution in [0.25, 0.3) is 0 Å². The Labute approximate surface area is 87.1 Å². The van der Waals surface area contributed by atoms with Crippen LogP contribution in [0.3, 0.4) is 0 Å². The summed E-state index contributed by atoms with van der Waals surface area (Å²) in [7, 11) is 1.39. The molecule has 0 unspecified atom stereocenters.